The molecule has 0 fully saturated rings. The molecule has 4 nitrogen and oxygen atoms in total. The number of benzene rings is 7. The van der Waals surface area contributed by atoms with Gasteiger partial charge in [-0.2, -0.15) is 0 Å². The second kappa shape index (κ2) is 12.2. The van der Waals surface area contributed by atoms with Gasteiger partial charge in [0.05, 0.1) is 20.6 Å². The van der Waals surface area contributed by atoms with Gasteiger partial charge in [0.25, 0.3) is 0 Å². The van der Waals surface area contributed by atoms with Gasteiger partial charge in [-0.05, 0) is 46.5 Å². The minimum absolute atomic E-state index is 0.0583. The van der Waals surface area contributed by atoms with E-state index in [1.165, 1.54) is 0 Å². The Morgan fingerprint density at radius 3 is 1.61 bits per heavy atom. The van der Waals surface area contributed by atoms with Crippen molar-refractivity contribution < 1.29 is 9.60 Å². The minimum Gasteiger partial charge on any atom is -0.308 e. The standard InChI is InChI=1S/C45H30N4/c1-4-14-31(15-5-1)33-26-28-35(29-27-33)44-46-43(34-18-8-3-9-19-34)47-45(48-44)40-24-13-23-39-38-22-10-11-25-41(38)49(42(39)40)37-21-12-20-36(30-37)32-16-6-2-7-17-32/h1-30H/i10D,11D,13D,22D,23D,24D,25D. The zero-order valence-electron chi connectivity index (χ0n) is 33.1. The van der Waals surface area contributed by atoms with Gasteiger partial charge in [0.15, 0.2) is 17.5 Å². The second-order valence-electron chi connectivity index (χ2n) is 11.6. The molecule has 0 spiro atoms. The van der Waals surface area contributed by atoms with Crippen molar-refractivity contribution in [1.29, 1.82) is 0 Å². The van der Waals surface area contributed by atoms with Crippen LogP contribution in [0.5, 0.6) is 0 Å². The lowest BCUT2D eigenvalue weighted by Crippen LogP contribution is -2.02. The maximum absolute atomic E-state index is 9.44. The van der Waals surface area contributed by atoms with E-state index in [0.717, 1.165) is 22.3 Å². The molecule has 4 heteroatoms. The van der Waals surface area contributed by atoms with Gasteiger partial charge in [-0.15, -0.1) is 0 Å². The predicted octanol–water partition coefficient (Wildman–Crippen LogP) is 11.3. The largest absolute Gasteiger partial charge is 0.308 e. The third-order valence-corrected chi connectivity index (χ3v) is 8.57. The van der Waals surface area contributed by atoms with Gasteiger partial charge in [-0.25, -0.2) is 15.0 Å². The number of fused-ring (bicyclic) bond motifs is 3. The smallest absolute Gasteiger partial charge is 0.166 e. The summed E-state index contributed by atoms with van der Waals surface area (Å²) in [7, 11) is 0. The van der Waals surface area contributed by atoms with Crippen molar-refractivity contribution >= 4 is 21.8 Å². The number of para-hydroxylation sites is 2. The van der Waals surface area contributed by atoms with E-state index in [-0.39, 0.29) is 57.4 Å². The normalized spacial score (nSPS) is 13.3. The topological polar surface area (TPSA) is 43.6 Å². The summed E-state index contributed by atoms with van der Waals surface area (Å²) < 4.78 is 65.0. The van der Waals surface area contributed by atoms with Crippen LogP contribution in [0.1, 0.15) is 9.60 Å². The van der Waals surface area contributed by atoms with E-state index < -0.39 is 18.1 Å². The first kappa shape index (κ1) is 22.0. The van der Waals surface area contributed by atoms with E-state index in [1.807, 2.05) is 140 Å². The molecular weight excluding hydrogens is 597 g/mol. The quantitative estimate of drug-likeness (QED) is 0.183. The lowest BCUT2D eigenvalue weighted by atomic mass is 10.0. The minimum atomic E-state index is -0.463. The van der Waals surface area contributed by atoms with Gasteiger partial charge in [0.2, 0.25) is 0 Å². The van der Waals surface area contributed by atoms with Crippen LogP contribution in [0.25, 0.3) is 83.9 Å². The Bertz CT molecular complexity index is 2970. The molecule has 230 valence electrons. The molecule has 0 aliphatic rings. The van der Waals surface area contributed by atoms with Gasteiger partial charge in [0, 0.05) is 33.2 Å². The van der Waals surface area contributed by atoms with Crippen LogP contribution in [0.15, 0.2) is 182 Å². The lowest BCUT2D eigenvalue weighted by molar-refractivity contribution is 1.07. The van der Waals surface area contributed by atoms with Crippen molar-refractivity contribution in [1.82, 2.24) is 19.5 Å². The number of hydrogen-bond donors (Lipinski definition) is 0. The first-order chi connectivity index (χ1) is 27.2. The molecular formula is C45H30N4. The van der Waals surface area contributed by atoms with Gasteiger partial charge in [-0.3, -0.25) is 0 Å². The zero-order valence-corrected chi connectivity index (χ0v) is 26.1. The highest BCUT2D eigenvalue weighted by molar-refractivity contribution is 6.13. The molecule has 0 aliphatic heterocycles. The van der Waals surface area contributed by atoms with Crippen LogP contribution in [0.4, 0.5) is 0 Å². The first-order valence-corrected chi connectivity index (χ1v) is 15.9. The number of aromatic nitrogens is 4. The highest BCUT2D eigenvalue weighted by Gasteiger charge is 2.20. The average Bonchev–Trinajstić information content (AvgIpc) is 3.61. The fourth-order valence-corrected chi connectivity index (χ4v) is 6.22. The zero-order chi connectivity index (χ0) is 38.7. The fraction of sp³-hybridized carbons (Fsp3) is 0. The van der Waals surface area contributed by atoms with Crippen LogP contribution in [0, 0.1) is 0 Å². The summed E-state index contributed by atoms with van der Waals surface area (Å²) in [5, 5.41) is 0.175. The molecule has 0 N–H and O–H groups in total. The van der Waals surface area contributed by atoms with Crippen LogP contribution >= 0.6 is 0 Å². The van der Waals surface area contributed by atoms with Crippen LogP contribution in [-0.4, -0.2) is 19.5 Å². The Kier molecular flexibility index (Phi) is 5.47. The monoisotopic (exact) mass is 633 g/mol. The van der Waals surface area contributed by atoms with Crippen molar-refractivity contribution in [2.75, 3.05) is 0 Å². The number of rotatable bonds is 6. The number of nitrogens with zero attached hydrogens (tertiary/aromatic N) is 4. The van der Waals surface area contributed by atoms with Gasteiger partial charge >= 0.3 is 0 Å². The highest BCUT2D eigenvalue weighted by atomic mass is 15.0. The molecule has 49 heavy (non-hydrogen) atoms. The molecule has 0 radical (unpaired) electrons. The highest BCUT2D eigenvalue weighted by Crippen LogP contribution is 2.38. The summed E-state index contributed by atoms with van der Waals surface area (Å²) in [4.78, 5) is 14.8. The third kappa shape index (κ3) is 5.26. The van der Waals surface area contributed by atoms with Crippen LogP contribution < -0.4 is 0 Å². The molecule has 0 aliphatic carbocycles. The van der Waals surface area contributed by atoms with Crippen molar-refractivity contribution in [3.05, 3.63) is 182 Å². The Morgan fingerprint density at radius 1 is 0.408 bits per heavy atom. The molecule has 0 atom stereocenters. The Hall–Kier alpha value is -6.65. The summed E-state index contributed by atoms with van der Waals surface area (Å²) in [5.41, 5.74) is 6.19. The van der Waals surface area contributed by atoms with Crippen LogP contribution in [0.3, 0.4) is 0 Å². The maximum Gasteiger partial charge on any atom is 0.166 e. The summed E-state index contributed by atoms with van der Waals surface area (Å²) in [5.74, 6) is 0.702. The van der Waals surface area contributed by atoms with E-state index in [0.29, 0.717) is 28.5 Å². The summed E-state index contributed by atoms with van der Waals surface area (Å²) in [6.45, 7) is 0. The lowest BCUT2D eigenvalue weighted by Gasteiger charge is -2.14. The molecule has 9 rings (SSSR count). The predicted molar refractivity (Wildman–Crippen MR) is 201 cm³/mol. The summed E-state index contributed by atoms with van der Waals surface area (Å²) >= 11 is 0. The average molecular weight is 634 g/mol. The molecule has 2 heterocycles. The van der Waals surface area contributed by atoms with E-state index in [2.05, 4.69) is 0 Å². The number of hydrogen-bond acceptors (Lipinski definition) is 3. The maximum atomic E-state index is 9.44. The van der Waals surface area contributed by atoms with E-state index in [4.69, 9.17) is 20.4 Å². The van der Waals surface area contributed by atoms with Crippen molar-refractivity contribution in [2.45, 2.75) is 0 Å². The van der Waals surface area contributed by atoms with Crippen LogP contribution in [0.2, 0.25) is 0 Å². The van der Waals surface area contributed by atoms with Gasteiger partial charge < -0.3 is 4.57 Å². The first-order valence-electron chi connectivity index (χ1n) is 19.4. The SMILES string of the molecule is [2H]c1c([2H])c([2H])c2c(c1[2H])c1c([2H])c([2H])c([2H])c(-c3nc(-c4ccccc4)nc(-c4ccc(-c5ccccc5)cc4)n3)c1n2-c1cccc(-c2ccccc2)c1. The Labute approximate surface area is 294 Å². The Morgan fingerprint density at radius 2 is 0.918 bits per heavy atom. The van der Waals surface area contributed by atoms with Gasteiger partial charge in [-0.1, -0.05) is 158 Å². The van der Waals surface area contributed by atoms with E-state index >= 15 is 0 Å². The molecule has 0 unspecified atom stereocenters. The van der Waals surface area contributed by atoms with Crippen molar-refractivity contribution in [3.8, 4) is 62.1 Å². The molecule has 0 saturated carbocycles. The third-order valence-electron chi connectivity index (χ3n) is 8.57. The van der Waals surface area contributed by atoms with E-state index in [1.54, 1.807) is 4.57 Å². The van der Waals surface area contributed by atoms with Crippen LogP contribution in [-0.2, 0) is 0 Å². The summed E-state index contributed by atoms with van der Waals surface area (Å²) in [6, 6.07) is 41.8. The van der Waals surface area contributed by atoms with E-state index in [9.17, 15) is 4.11 Å². The molecule has 0 bridgehead atoms. The van der Waals surface area contributed by atoms with Crippen molar-refractivity contribution in [2.24, 2.45) is 0 Å². The Balaban J connectivity index is 1.40. The molecule has 0 saturated heterocycles. The van der Waals surface area contributed by atoms with Crippen molar-refractivity contribution in [3.63, 3.8) is 0 Å². The summed E-state index contributed by atoms with van der Waals surface area (Å²) in [6.07, 6.45) is 0. The fourth-order valence-electron chi connectivity index (χ4n) is 6.22. The molecule has 7 aromatic carbocycles. The van der Waals surface area contributed by atoms with Gasteiger partial charge in [0.1, 0.15) is 0 Å². The molecule has 0 amide bonds. The molecule has 2 aromatic heterocycles. The second-order valence-corrected chi connectivity index (χ2v) is 11.6. The molecule has 9 aromatic rings.